The standard InChI is InChI=1S/C14H18BrNO3/c1-2-3-4-16-14(17)8-10-7-12-13(9-11(10)15)19-6-5-18-12/h7,9H,2-6,8H2,1H3,(H,16,17). The van der Waals surface area contributed by atoms with Crippen LogP contribution in [0.4, 0.5) is 0 Å². The van der Waals surface area contributed by atoms with E-state index < -0.39 is 0 Å². The van der Waals surface area contributed by atoms with Crippen LogP contribution in [0.5, 0.6) is 11.5 Å². The monoisotopic (exact) mass is 327 g/mol. The molecule has 5 heteroatoms. The molecule has 1 aromatic rings. The third kappa shape index (κ3) is 3.86. The van der Waals surface area contributed by atoms with E-state index in [0.29, 0.717) is 25.4 Å². The highest BCUT2D eigenvalue weighted by Crippen LogP contribution is 2.35. The van der Waals surface area contributed by atoms with E-state index in [0.717, 1.165) is 35.2 Å². The Morgan fingerprint density at radius 3 is 2.68 bits per heavy atom. The molecular formula is C14H18BrNO3. The minimum absolute atomic E-state index is 0.0332. The number of hydrogen-bond donors (Lipinski definition) is 1. The van der Waals surface area contributed by atoms with Gasteiger partial charge in [0.1, 0.15) is 13.2 Å². The first-order valence-electron chi connectivity index (χ1n) is 6.55. The molecule has 0 fully saturated rings. The molecule has 1 aliphatic rings. The molecule has 0 radical (unpaired) electrons. The van der Waals surface area contributed by atoms with Crippen LogP contribution in [0.2, 0.25) is 0 Å². The zero-order valence-corrected chi connectivity index (χ0v) is 12.6. The van der Waals surface area contributed by atoms with E-state index in [9.17, 15) is 4.79 Å². The predicted molar refractivity (Wildman–Crippen MR) is 76.8 cm³/mol. The van der Waals surface area contributed by atoms with Gasteiger partial charge in [-0.25, -0.2) is 0 Å². The van der Waals surface area contributed by atoms with E-state index in [4.69, 9.17) is 9.47 Å². The maximum Gasteiger partial charge on any atom is 0.224 e. The highest BCUT2D eigenvalue weighted by atomic mass is 79.9. The maximum absolute atomic E-state index is 11.8. The van der Waals surface area contributed by atoms with Crippen molar-refractivity contribution in [2.45, 2.75) is 26.2 Å². The Hall–Kier alpha value is -1.23. The van der Waals surface area contributed by atoms with Gasteiger partial charge >= 0.3 is 0 Å². The molecule has 0 bridgehead atoms. The number of carbonyl (C=O) groups excluding carboxylic acids is 1. The molecule has 1 heterocycles. The molecular weight excluding hydrogens is 310 g/mol. The first kappa shape index (κ1) is 14.2. The van der Waals surface area contributed by atoms with Gasteiger partial charge in [0, 0.05) is 11.0 Å². The summed E-state index contributed by atoms with van der Waals surface area (Å²) in [5.41, 5.74) is 0.915. The molecule has 0 aromatic heterocycles. The van der Waals surface area contributed by atoms with Crippen molar-refractivity contribution in [2.75, 3.05) is 19.8 Å². The number of benzene rings is 1. The van der Waals surface area contributed by atoms with Gasteiger partial charge in [-0.05, 0) is 24.1 Å². The van der Waals surface area contributed by atoms with Crippen molar-refractivity contribution >= 4 is 21.8 Å². The van der Waals surface area contributed by atoms with Crippen LogP contribution in [-0.4, -0.2) is 25.7 Å². The minimum atomic E-state index is 0.0332. The van der Waals surface area contributed by atoms with E-state index in [-0.39, 0.29) is 5.91 Å². The van der Waals surface area contributed by atoms with Crippen molar-refractivity contribution in [3.63, 3.8) is 0 Å². The lowest BCUT2D eigenvalue weighted by Crippen LogP contribution is -2.26. The summed E-state index contributed by atoms with van der Waals surface area (Å²) >= 11 is 3.47. The lowest BCUT2D eigenvalue weighted by atomic mass is 10.1. The molecule has 0 atom stereocenters. The van der Waals surface area contributed by atoms with Gasteiger partial charge in [-0.1, -0.05) is 29.3 Å². The second-order valence-corrected chi connectivity index (χ2v) is 5.32. The summed E-state index contributed by atoms with van der Waals surface area (Å²) in [6, 6.07) is 3.74. The van der Waals surface area contributed by atoms with Gasteiger partial charge < -0.3 is 14.8 Å². The van der Waals surface area contributed by atoms with E-state index in [2.05, 4.69) is 28.2 Å². The fraction of sp³-hybridized carbons (Fsp3) is 0.500. The van der Waals surface area contributed by atoms with E-state index >= 15 is 0 Å². The van der Waals surface area contributed by atoms with Gasteiger partial charge in [0.15, 0.2) is 11.5 Å². The number of fused-ring (bicyclic) bond motifs is 1. The molecule has 1 amide bonds. The normalized spacial score (nSPS) is 13.2. The molecule has 0 saturated carbocycles. The minimum Gasteiger partial charge on any atom is -0.486 e. The SMILES string of the molecule is CCCCNC(=O)Cc1cc2c(cc1Br)OCCO2. The van der Waals surface area contributed by atoms with Gasteiger partial charge in [0.05, 0.1) is 6.42 Å². The Morgan fingerprint density at radius 2 is 2.00 bits per heavy atom. The highest BCUT2D eigenvalue weighted by molar-refractivity contribution is 9.10. The number of hydrogen-bond acceptors (Lipinski definition) is 3. The summed E-state index contributed by atoms with van der Waals surface area (Å²) in [5, 5.41) is 2.91. The molecule has 0 unspecified atom stereocenters. The zero-order chi connectivity index (χ0) is 13.7. The van der Waals surface area contributed by atoms with Crippen LogP contribution in [0.25, 0.3) is 0 Å². The number of ether oxygens (including phenoxy) is 2. The third-order valence-corrected chi connectivity index (χ3v) is 3.65. The van der Waals surface area contributed by atoms with Gasteiger partial charge in [0.2, 0.25) is 5.91 Å². The largest absolute Gasteiger partial charge is 0.486 e. The number of rotatable bonds is 5. The first-order chi connectivity index (χ1) is 9.20. The summed E-state index contributed by atoms with van der Waals surface area (Å²) in [6.07, 6.45) is 2.43. The van der Waals surface area contributed by atoms with Gasteiger partial charge in [-0.15, -0.1) is 0 Å². The maximum atomic E-state index is 11.8. The number of halogens is 1. The van der Waals surface area contributed by atoms with Crippen molar-refractivity contribution in [2.24, 2.45) is 0 Å². The first-order valence-corrected chi connectivity index (χ1v) is 7.34. The summed E-state index contributed by atoms with van der Waals surface area (Å²) in [6.45, 7) is 3.95. The fourth-order valence-corrected chi connectivity index (χ4v) is 2.34. The van der Waals surface area contributed by atoms with Gasteiger partial charge in [-0.2, -0.15) is 0 Å². The Kier molecular flexibility index (Phi) is 5.07. The quantitative estimate of drug-likeness (QED) is 0.846. The molecule has 1 aliphatic heterocycles. The molecule has 0 saturated heterocycles. The van der Waals surface area contributed by atoms with Crippen LogP contribution in [0.1, 0.15) is 25.3 Å². The summed E-state index contributed by atoms with van der Waals surface area (Å²) < 4.78 is 11.9. The molecule has 0 aliphatic carbocycles. The summed E-state index contributed by atoms with van der Waals surface area (Å²) in [5.74, 6) is 1.48. The van der Waals surface area contributed by atoms with Crippen LogP contribution in [0, 0.1) is 0 Å². The van der Waals surface area contributed by atoms with Crippen molar-refractivity contribution in [3.8, 4) is 11.5 Å². The number of unbranched alkanes of at least 4 members (excludes halogenated alkanes) is 1. The topological polar surface area (TPSA) is 47.6 Å². The Balaban J connectivity index is 2.01. The molecule has 2 rings (SSSR count). The van der Waals surface area contributed by atoms with Crippen LogP contribution < -0.4 is 14.8 Å². The average Bonchev–Trinajstić information content (AvgIpc) is 2.40. The Bertz CT molecular complexity index is 462. The van der Waals surface area contributed by atoms with E-state index in [1.165, 1.54) is 0 Å². The lowest BCUT2D eigenvalue weighted by molar-refractivity contribution is -0.120. The molecule has 1 N–H and O–H groups in total. The van der Waals surface area contributed by atoms with Gasteiger partial charge in [0.25, 0.3) is 0 Å². The molecule has 1 aromatic carbocycles. The van der Waals surface area contributed by atoms with E-state index in [1.54, 1.807) is 0 Å². The van der Waals surface area contributed by atoms with Crippen molar-refractivity contribution in [1.82, 2.24) is 5.32 Å². The average molecular weight is 328 g/mol. The van der Waals surface area contributed by atoms with Crippen LogP contribution in [0.3, 0.4) is 0 Å². The van der Waals surface area contributed by atoms with Crippen LogP contribution in [0.15, 0.2) is 16.6 Å². The predicted octanol–water partition coefficient (Wildman–Crippen LogP) is 2.68. The number of carbonyl (C=O) groups is 1. The van der Waals surface area contributed by atoms with Gasteiger partial charge in [-0.3, -0.25) is 4.79 Å². The molecule has 19 heavy (non-hydrogen) atoms. The lowest BCUT2D eigenvalue weighted by Gasteiger charge is -2.19. The zero-order valence-electron chi connectivity index (χ0n) is 11.0. The van der Waals surface area contributed by atoms with Crippen molar-refractivity contribution < 1.29 is 14.3 Å². The molecule has 4 nitrogen and oxygen atoms in total. The third-order valence-electron chi connectivity index (χ3n) is 2.91. The summed E-state index contributed by atoms with van der Waals surface area (Å²) in [4.78, 5) is 11.8. The number of nitrogens with one attached hydrogen (secondary N) is 1. The fourth-order valence-electron chi connectivity index (χ4n) is 1.88. The van der Waals surface area contributed by atoms with Crippen molar-refractivity contribution in [1.29, 1.82) is 0 Å². The van der Waals surface area contributed by atoms with Crippen LogP contribution in [-0.2, 0) is 11.2 Å². The molecule has 0 spiro atoms. The molecule has 104 valence electrons. The number of amides is 1. The second kappa shape index (κ2) is 6.80. The summed E-state index contributed by atoms with van der Waals surface area (Å²) in [7, 11) is 0. The highest BCUT2D eigenvalue weighted by Gasteiger charge is 2.16. The Labute approximate surface area is 121 Å². The second-order valence-electron chi connectivity index (χ2n) is 4.47. The Morgan fingerprint density at radius 1 is 1.32 bits per heavy atom. The van der Waals surface area contributed by atoms with E-state index in [1.807, 2.05) is 12.1 Å². The van der Waals surface area contributed by atoms with Crippen molar-refractivity contribution in [3.05, 3.63) is 22.2 Å². The smallest absolute Gasteiger partial charge is 0.224 e. The van der Waals surface area contributed by atoms with Crippen LogP contribution >= 0.6 is 15.9 Å².